The Morgan fingerprint density at radius 1 is 0.941 bits per heavy atom. The maximum atomic E-state index is 12.8. The molecule has 0 atom stereocenters. The number of nitrogens with one attached hydrogen (secondary N) is 1. The molecule has 1 N–H and O–H groups in total. The quantitative estimate of drug-likeness (QED) is 0.489. The smallest absolute Gasteiger partial charge is 0.422 e. The molecule has 1 heterocycles. The van der Waals surface area contributed by atoms with Gasteiger partial charge in [-0.1, -0.05) is 11.6 Å². The fraction of sp³-hybridized carbons (Fsp3) is 0.353. The van der Waals surface area contributed by atoms with E-state index in [2.05, 4.69) is 19.4 Å². The number of amides is 2. The van der Waals surface area contributed by atoms with E-state index in [-0.39, 0.29) is 5.69 Å². The van der Waals surface area contributed by atoms with Crippen LogP contribution in [0.25, 0.3) is 0 Å². The predicted octanol–water partition coefficient (Wildman–Crippen LogP) is 5.70. The highest BCUT2D eigenvalue weighted by Crippen LogP contribution is 2.35. The van der Waals surface area contributed by atoms with Crippen LogP contribution in [0.3, 0.4) is 0 Å². The molecule has 0 saturated carbocycles. The molecule has 188 valence electrons. The number of benzene rings is 1. The summed E-state index contributed by atoms with van der Waals surface area (Å²) in [6, 6.07) is 1.43. The zero-order valence-corrected chi connectivity index (χ0v) is 17.3. The van der Waals surface area contributed by atoms with Gasteiger partial charge in [-0.2, -0.15) is 49.5 Å². The van der Waals surface area contributed by atoms with E-state index in [1.807, 2.05) is 5.32 Å². The maximum absolute atomic E-state index is 12.8. The average molecular weight is 527 g/mol. The van der Waals surface area contributed by atoms with Crippen molar-refractivity contribution in [1.82, 2.24) is 9.97 Å². The van der Waals surface area contributed by atoms with E-state index in [4.69, 9.17) is 11.6 Å². The number of rotatable bonds is 6. The van der Waals surface area contributed by atoms with Gasteiger partial charge in [-0.05, 0) is 18.2 Å². The van der Waals surface area contributed by atoms with Gasteiger partial charge in [0.25, 0.3) is 0 Å². The van der Waals surface area contributed by atoms with Crippen LogP contribution in [0.4, 0.5) is 55.9 Å². The maximum Gasteiger partial charge on any atom is 0.422 e. The van der Waals surface area contributed by atoms with E-state index >= 15 is 0 Å². The minimum Gasteiger partial charge on any atom is -0.468 e. The Balaban J connectivity index is 2.26. The number of halogens is 10. The molecule has 2 aromatic rings. The molecule has 1 aromatic carbocycles. The fourth-order valence-electron chi connectivity index (χ4n) is 2.16. The van der Waals surface area contributed by atoms with Crippen molar-refractivity contribution in [2.24, 2.45) is 0 Å². The molecule has 0 saturated heterocycles. The van der Waals surface area contributed by atoms with Gasteiger partial charge in [-0.15, -0.1) is 0 Å². The van der Waals surface area contributed by atoms with Crippen LogP contribution >= 0.6 is 11.6 Å². The molecule has 0 aliphatic heterocycles. The Morgan fingerprint density at radius 3 is 1.85 bits per heavy atom. The van der Waals surface area contributed by atoms with Gasteiger partial charge in [-0.25, -0.2) is 4.79 Å². The molecule has 2 rings (SSSR count). The van der Waals surface area contributed by atoms with Crippen molar-refractivity contribution in [3.63, 3.8) is 0 Å². The number of carbonyl (C=O) groups is 1. The molecule has 0 aliphatic carbocycles. The third kappa shape index (κ3) is 8.31. The van der Waals surface area contributed by atoms with E-state index in [0.717, 1.165) is 13.1 Å². The van der Waals surface area contributed by atoms with Gasteiger partial charge in [-0.3, -0.25) is 10.2 Å². The second-order valence-corrected chi connectivity index (χ2v) is 6.74. The summed E-state index contributed by atoms with van der Waals surface area (Å²) in [6.07, 6.45) is -14.3. The first-order valence-electron chi connectivity index (χ1n) is 8.64. The van der Waals surface area contributed by atoms with Crippen molar-refractivity contribution in [2.45, 2.75) is 18.5 Å². The van der Waals surface area contributed by atoms with Crippen molar-refractivity contribution in [3.05, 3.63) is 34.9 Å². The Bertz CT molecular complexity index is 993. The minimum atomic E-state index is -4.82. The first-order chi connectivity index (χ1) is 15.4. The van der Waals surface area contributed by atoms with E-state index in [9.17, 15) is 44.3 Å². The Morgan fingerprint density at radius 2 is 1.44 bits per heavy atom. The number of alkyl halides is 9. The minimum absolute atomic E-state index is 0.217. The van der Waals surface area contributed by atoms with Crippen LogP contribution in [0.1, 0.15) is 5.56 Å². The summed E-state index contributed by atoms with van der Waals surface area (Å²) in [7, 11) is 1.06. The van der Waals surface area contributed by atoms with Crippen molar-refractivity contribution in [3.8, 4) is 11.8 Å². The van der Waals surface area contributed by atoms with Crippen molar-refractivity contribution in [2.75, 3.05) is 30.5 Å². The molecular weight excluding hydrogens is 515 g/mol. The monoisotopic (exact) mass is 526 g/mol. The number of anilines is 2. The Labute approximate surface area is 189 Å². The second-order valence-electron chi connectivity index (χ2n) is 6.33. The highest BCUT2D eigenvalue weighted by Gasteiger charge is 2.32. The lowest BCUT2D eigenvalue weighted by Gasteiger charge is -2.20. The number of hydrogen-bond acceptors (Lipinski definition) is 5. The highest BCUT2D eigenvalue weighted by atomic mass is 35.5. The molecular formula is C17H12ClF9N4O3. The highest BCUT2D eigenvalue weighted by molar-refractivity contribution is 6.34. The van der Waals surface area contributed by atoms with Crippen LogP contribution in [0.2, 0.25) is 5.02 Å². The summed E-state index contributed by atoms with van der Waals surface area (Å²) in [5.41, 5.74) is -1.32. The van der Waals surface area contributed by atoms with Crippen LogP contribution in [0.5, 0.6) is 11.8 Å². The lowest BCUT2D eigenvalue weighted by atomic mass is 10.2. The molecule has 0 unspecified atom stereocenters. The van der Waals surface area contributed by atoms with Gasteiger partial charge in [0.2, 0.25) is 17.7 Å². The Hall–Kier alpha value is -3.17. The summed E-state index contributed by atoms with van der Waals surface area (Å²) in [4.78, 5) is 20.0. The zero-order valence-electron chi connectivity index (χ0n) is 16.6. The van der Waals surface area contributed by atoms with Crippen molar-refractivity contribution in [1.29, 1.82) is 0 Å². The molecule has 7 nitrogen and oxygen atoms in total. The van der Waals surface area contributed by atoms with Crippen LogP contribution in [-0.2, 0) is 6.18 Å². The number of aromatic nitrogens is 2. The van der Waals surface area contributed by atoms with E-state index in [1.54, 1.807) is 0 Å². The molecule has 0 radical (unpaired) electrons. The summed E-state index contributed by atoms with van der Waals surface area (Å²) in [5.74, 6) is -2.58. The first kappa shape index (κ1) is 27.1. The van der Waals surface area contributed by atoms with Crippen LogP contribution in [0.15, 0.2) is 24.3 Å². The summed E-state index contributed by atoms with van der Waals surface area (Å²) in [5, 5.41) is 1.47. The number of carbonyl (C=O) groups excluding carboxylic acids is 1. The molecule has 2 amide bonds. The van der Waals surface area contributed by atoms with Crippen LogP contribution in [0, 0.1) is 0 Å². The predicted molar refractivity (Wildman–Crippen MR) is 99.0 cm³/mol. The zero-order chi connectivity index (χ0) is 25.9. The lowest BCUT2D eigenvalue weighted by Crippen LogP contribution is -2.32. The molecule has 0 bridgehead atoms. The van der Waals surface area contributed by atoms with Gasteiger partial charge >= 0.3 is 24.6 Å². The normalized spacial score (nSPS) is 12.3. The molecule has 34 heavy (non-hydrogen) atoms. The second kappa shape index (κ2) is 9.99. The average Bonchev–Trinajstić information content (AvgIpc) is 2.68. The summed E-state index contributed by atoms with van der Waals surface area (Å²) >= 11 is 5.79. The van der Waals surface area contributed by atoms with E-state index in [1.165, 1.54) is 0 Å². The number of hydrogen-bond donors (Lipinski definition) is 1. The van der Waals surface area contributed by atoms with Gasteiger partial charge < -0.3 is 9.47 Å². The standard InChI is InChI=1S/C17H12ClF9N4O3/c1-31(10-3-2-8(4-9(10)18)17(25,26)27)14(32)30-13-28-11(33-6-15(19,20)21)5-12(29-13)34-7-16(22,23)24/h2-5H,6-7H2,1H3,(H,28,29,30,32). The largest absolute Gasteiger partial charge is 0.468 e. The van der Waals surface area contributed by atoms with Crippen molar-refractivity contribution < 1.29 is 53.8 Å². The number of nitrogens with zero attached hydrogens (tertiary/aromatic N) is 3. The van der Waals surface area contributed by atoms with Gasteiger partial charge in [0.05, 0.1) is 22.3 Å². The van der Waals surface area contributed by atoms with E-state index < -0.39 is 66.1 Å². The fourth-order valence-corrected chi connectivity index (χ4v) is 2.47. The van der Waals surface area contributed by atoms with Crippen LogP contribution in [-0.4, -0.2) is 48.6 Å². The van der Waals surface area contributed by atoms with Crippen LogP contribution < -0.4 is 19.7 Å². The first-order valence-corrected chi connectivity index (χ1v) is 9.02. The molecule has 0 fully saturated rings. The van der Waals surface area contributed by atoms with Gasteiger partial charge in [0.15, 0.2) is 13.2 Å². The van der Waals surface area contributed by atoms with Crippen molar-refractivity contribution >= 4 is 29.3 Å². The number of urea groups is 1. The van der Waals surface area contributed by atoms with E-state index in [0.29, 0.717) is 23.1 Å². The number of ether oxygens (including phenoxy) is 2. The SMILES string of the molecule is CN(C(=O)Nc1nc(OCC(F)(F)F)cc(OCC(F)(F)F)n1)c1ccc(C(F)(F)F)cc1Cl. The summed E-state index contributed by atoms with van der Waals surface area (Å²) < 4.78 is 121. The topological polar surface area (TPSA) is 76.6 Å². The van der Waals surface area contributed by atoms with Gasteiger partial charge in [0.1, 0.15) is 0 Å². The molecule has 1 aromatic heterocycles. The molecule has 0 spiro atoms. The lowest BCUT2D eigenvalue weighted by molar-refractivity contribution is -0.154. The third-order valence-electron chi connectivity index (χ3n) is 3.61. The molecule has 0 aliphatic rings. The third-order valence-corrected chi connectivity index (χ3v) is 3.91. The Kier molecular flexibility index (Phi) is 7.95. The summed E-state index contributed by atoms with van der Waals surface area (Å²) in [6.45, 7) is -3.73. The van der Waals surface area contributed by atoms with Gasteiger partial charge in [0, 0.05) is 7.05 Å². The molecule has 17 heteroatoms.